The second-order valence-electron chi connectivity index (χ2n) is 4.16. The van der Waals surface area contributed by atoms with Crippen LogP contribution < -0.4 is 4.18 Å². The molecule has 0 aliphatic rings. The lowest BCUT2D eigenvalue weighted by molar-refractivity contribution is -0.382. The molecule has 0 aliphatic carbocycles. The first-order chi connectivity index (χ1) is 10.5. The normalized spacial score (nSPS) is 14.6. The van der Waals surface area contributed by atoms with Gasteiger partial charge < -0.3 is 4.18 Å². The molecule has 24 heavy (non-hydrogen) atoms. The third-order valence-electron chi connectivity index (χ3n) is 2.43. The average Bonchev–Trinajstić information content (AvgIpc) is 2.36. The highest BCUT2D eigenvalue weighted by Gasteiger charge is 2.86. The van der Waals surface area contributed by atoms with E-state index in [2.05, 4.69) is 4.18 Å². The lowest BCUT2D eigenvalue weighted by atomic mass is 10.1. The predicted molar refractivity (Wildman–Crippen MR) is 69.6 cm³/mol. The summed E-state index contributed by atoms with van der Waals surface area (Å²) < 4.78 is 140. The minimum absolute atomic E-state index is 0.177. The van der Waals surface area contributed by atoms with Crippen molar-refractivity contribution in [2.75, 3.05) is 0 Å². The van der Waals surface area contributed by atoms with Crippen molar-refractivity contribution in [1.82, 2.24) is 0 Å². The molecular formula is C10H4F9IO3S. The summed E-state index contributed by atoms with van der Waals surface area (Å²) in [7, 11) is -6.90. The topological polar surface area (TPSA) is 43.4 Å². The second-order valence-corrected chi connectivity index (χ2v) is 6.99. The average molecular weight is 502 g/mol. The first-order valence-corrected chi connectivity index (χ1v) is 7.86. The van der Waals surface area contributed by atoms with Gasteiger partial charge in [-0.3, -0.25) is 0 Å². The third-order valence-corrected chi connectivity index (χ3v) is 4.40. The molecule has 0 fully saturated rings. The number of hydrogen-bond donors (Lipinski definition) is 0. The molecule has 0 unspecified atom stereocenters. The molecule has 1 aromatic rings. The van der Waals surface area contributed by atoms with Gasteiger partial charge in [0, 0.05) is 3.57 Å². The summed E-state index contributed by atoms with van der Waals surface area (Å²) in [5.41, 5.74) is 0. The van der Waals surface area contributed by atoms with E-state index in [9.17, 15) is 47.9 Å². The molecule has 3 nitrogen and oxygen atoms in total. The first kappa shape index (κ1) is 21.1. The Morgan fingerprint density at radius 1 is 0.875 bits per heavy atom. The molecule has 1 aromatic carbocycles. The molecule has 0 N–H and O–H groups in total. The highest BCUT2D eigenvalue weighted by atomic mass is 127. The summed E-state index contributed by atoms with van der Waals surface area (Å²) in [4.78, 5) is 0. The first-order valence-electron chi connectivity index (χ1n) is 5.37. The van der Waals surface area contributed by atoms with Gasteiger partial charge in [0.25, 0.3) is 0 Å². The Bertz CT molecular complexity index is 715. The van der Waals surface area contributed by atoms with Crippen molar-refractivity contribution in [2.24, 2.45) is 0 Å². The van der Waals surface area contributed by atoms with E-state index in [1.54, 1.807) is 0 Å². The molecule has 1 rings (SSSR count). The number of benzene rings is 1. The van der Waals surface area contributed by atoms with Crippen LogP contribution in [0.4, 0.5) is 39.5 Å². The SMILES string of the molecule is O=S(=O)(Oc1cccc(I)c1)C(F)(F)C(F)(F)C(F)(F)C(F)(F)F. The van der Waals surface area contributed by atoms with Crippen LogP contribution in [0.25, 0.3) is 0 Å². The van der Waals surface area contributed by atoms with E-state index in [4.69, 9.17) is 0 Å². The number of hydrogen-bond acceptors (Lipinski definition) is 3. The molecule has 0 saturated heterocycles. The predicted octanol–water partition coefficient (Wildman–Crippen LogP) is 4.43. The zero-order valence-electron chi connectivity index (χ0n) is 10.7. The molecule has 0 saturated carbocycles. The molecule has 0 spiro atoms. The summed E-state index contributed by atoms with van der Waals surface area (Å²) in [6.45, 7) is 0. The largest absolute Gasteiger partial charge is 0.460 e. The fraction of sp³-hybridized carbons (Fsp3) is 0.400. The molecule has 138 valence electrons. The molecule has 0 amide bonds. The maximum atomic E-state index is 13.3. The Labute approximate surface area is 142 Å². The van der Waals surface area contributed by atoms with Gasteiger partial charge in [-0.1, -0.05) is 6.07 Å². The Morgan fingerprint density at radius 2 is 1.38 bits per heavy atom. The van der Waals surface area contributed by atoms with Crippen LogP contribution in [0.2, 0.25) is 0 Å². The standard InChI is InChI=1S/C10H4F9IO3S/c11-7(12,9(15,16)17)8(13,14)10(18,19)24(21,22)23-6-3-1-2-5(20)4-6/h1-4H. The van der Waals surface area contributed by atoms with Crippen molar-refractivity contribution >= 4 is 32.7 Å². The zero-order chi connectivity index (χ0) is 19.2. The van der Waals surface area contributed by atoms with Crippen LogP contribution in [0.1, 0.15) is 0 Å². The van der Waals surface area contributed by atoms with Gasteiger partial charge >= 0.3 is 33.4 Å². The van der Waals surface area contributed by atoms with Gasteiger partial charge in [0.15, 0.2) is 0 Å². The van der Waals surface area contributed by atoms with Crippen LogP contribution in [0.5, 0.6) is 5.75 Å². The van der Waals surface area contributed by atoms with E-state index in [1.807, 2.05) is 0 Å². The minimum Gasteiger partial charge on any atom is -0.378 e. The summed E-state index contributed by atoms with van der Waals surface area (Å²) in [5.74, 6) is -15.6. The molecule has 14 heteroatoms. The van der Waals surface area contributed by atoms with Crippen molar-refractivity contribution in [3.05, 3.63) is 27.8 Å². The Morgan fingerprint density at radius 3 is 1.79 bits per heavy atom. The van der Waals surface area contributed by atoms with Crippen LogP contribution in [-0.4, -0.2) is 31.7 Å². The Balaban J connectivity index is 3.35. The van der Waals surface area contributed by atoms with Crippen LogP contribution in [-0.2, 0) is 10.1 Å². The molecule has 0 atom stereocenters. The second kappa shape index (κ2) is 6.10. The maximum Gasteiger partial charge on any atom is 0.460 e. The lowest BCUT2D eigenvalue weighted by Gasteiger charge is -2.32. The Kier molecular flexibility index (Phi) is 5.37. The number of halogens is 10. The molecule has 0 bridgehead atoms. The van der Waals surface area contributed by atoms with Crippen LogP contribution in [0.15, 0.2) is 24.3 Å². The fourth-order valence-electron chi connectivity index (χ4n) is 1.22. The van der Waals surface area contributed by atoms with E-state index >= 15 is 0 Å². The highest BCUT2D eigenvalue weighted by Crippen LogP contribution is 2.54. The van der Waals surface area contributed by atoms with Crippen LogP contribution >= 0.6 is 22.6 Å². The number of rotatable bonds is 5. The Hall–Kier alpha value is -0.930. The molecule has 0 aliphatic heterocycles. The van der Waals surface area contributed by atoms with Gasteiger partial charge in [-0.2, -0.15) is 47.9 Å². The van der Waals surface area contributed by atoms with Crippen LogP contribution in [0, 0.1) is 3.57 Å². The number of alkyl halides is 9. The van der Waals surface area contributed by atoms with Crippen molar-refractivity contribution in [2.45, 2.75) is 23.3 Å². The van der Waals surface area contributed by atoms with Gasteiger partial charge in [-0.05, 0) is 40.8 Å². The molecule has 0 radical (unpaired) electrons. The van der Waals surface area contributed by atoms with E-state index < -0.39 is 39.1 Å². The van der Waals surface area contributed by atoms with E-state index in [0.717, 1.165) is 12.1 Å². The lowest BCUT2D eigenvalue weighted by Crippen LogP contribution is -2.63. The fourth-order valence-corrected chi connectivity index (χ4v) is 2.63. The van der Waals surface area contributed by atoms with Crippen molar-refractivity contribution in [3.63, 3.8) is 0 Å². The van der Waals surface area contributed by atoms with Gasteiger partial charge in [0.05, 0.1) is 0 Å². The molecular weight excluding hydrogens is 498 g/mol. The smallest absolute Gasteiger partial charge is 0.378 e. The van der Waals surface area contributed by atoms with Gasteiger partial charge in [0.1, 0.15) is 5.75 Å². The zero-order valence-corrected chi connectivity index (χ0v) is 13.7. The van der Waals surface area contributed by atoms with E-state index in [0.29, 0.717) is 6.07 Å². The summed E-state index contributed by atoms with van der Waals surface area (Å²) in [5, 5.41) is -6.87. The molecule has 0 aromatic heterocycles. The van der Waals surface area contributed by atoms with Crippen molar-refractivity contribution in [3.8, 4) is 5.75 Å². The summed E-state index contributed by atoms with van der Waals surface area (Å²) in [6.07, 6.45) is -7.13. The van der Waals surface area contributed by atoms with Crippen molar-refractivity contribution in [1.29, 1.82) is 0 Å². The highest BCUT2D eigenvalue weighted by molar-refractivity contribution is 14.1. The van der Waals surface area contributed by atoms with E-state index in [-0.39, 0.29) is 3.57 Å². The van der Waals surface area contributed by atoms with Crippen molar-refractivity contribution < 1.29 is 52.1 Å². The summed E-state index contributed by atoms with van der Waals surface area (Å²) in [6, 6.07) is 3.77. The monoisotopic (exact) mass is 502 g/mol. The van der Waals surface area contributed by atoms with Gasteiger partial charge in [-0.15, -0.1) is 0 Å². The maximum absolute atomic E-state index is 13.3. The third kappa shape index (κ3) is 3.39. The van der Waals surface area contributed by atoms with Gasteiger partial charge in [-0.25, -0.2) is 0 Å². The summed E-state index contributed by atoms with van der Waals surface area (Å²) >= 11 is 1.54. The van der Waals surface area contributed by atoms with Crippen LogP contribution in [0.3, 0.4) is 0 Å². The van der Waals surface area contributed by atoms with Gasteiger partial charge in [0.2, 0.25) is 0 Å². The molecule has 0 heterocycles. The minimum atomic E-state index is -7.33. The quantitative estimate of drug-likeness (QED) is 0.340. The van der Waals surface area contributed by atoms with E-state index in [1.165, 1.54) is 28.7 Å².